The number of rotatable bonds is 4. The standard InChI is InChI=1S/C12H20N4O2S/c1-2-10-5-8-16(9-6-10)19(17,18)11-4-3-7-14-12(11)15-13/h3-4,7,10H,2,5-6,8-9,13H2,1H3,(H,14,15). The first kappa shape index (κ1) is 14.2. The number of hydrogen-bond acceptors (Lipinski definition) is 5. The topological polar surface area (TPSA) is 88.3 Å². The van der Waals surface area contributed by atoms with Gasteiger partial charge in [-0.2, -0.15) is 4.31 Å². The van der Waals surface area contributed by atoms with Gasteiger partial charge in [-0.15, -0.1) is 0 Å². The number of nitrogen functional groups attached to an aromatic ring is 1. The molecule has 2 rings (SSSR count). The van der Waals surface area contributed by atoms with Crippen LogP contribution in [0.4, 0.5) is 5.82 Å². The molecule has 0 radical (unpaired) electrons. The van der Waals surface area contributed by atoms with Crippen LogP contribution in [0.1, 0.15) is 26.2 Å². The van der Waals surface area contributed by atoms with Crippen molar-refractivity contribution in [3.8, 4) is 0 Å². The Labute approximate surface area is 114 Å². The quantitative estimate of drug-likeness (QED) is 0.640. The lowest BCUT2D eigenvalue weighted by Gasteiger charge is -2.30. The molecule has 0 saturated carbocycles. The van der Waals surface area contributed by atoms with Crippen molar-refractivity contribution in [1.82, 2.24) is 9.29 Å². The Hall–Kier alpha value is -1.18. The Bertz CT molecular complexity index is 524. The Kier molecular flexibility index (Phi) is 4.38. The molecule has 3 N–H and O–H groups in total. The number of hydrogen-bond donors (Lipinski definition) is 2. The highest BCUT2D eigenvalue weighted by molar-refractivity contribution is 7.89. The summed E-state index contributed by atoms with van der Waals surface area (Å²) in [5.41, 5.74) is 2.34. The number of pyridine rings is 1. The fourth-order valence-corrected chi connectivity index (χ4v) is 3.98. The molecular formula is C12H20N4O2S. The molecule has 7 heteroatoms. The summed E-state index contributed by atoms with van der Waals surface area (Å²) in [5.74, 6) is 6.15. The molecule has 1 aromatic rings. The summed E-state index contributed by atoms with van der Waals surface area (Å²) in [4.78, 5) is 4.09. The van der Waals surface area contributed by atoms with Gasteiger partial charge in [0.05, 0.1) is 0 Å². The third-order valence-corrected chi connectivity index (χ3v) is 5.61. The second-order valence-corrected chi connectivity index (χ2v) is 6.66. The number of aromatic nitrogens is 1. The molecule has 0 bridgehead atoms. The first-order chi connectivity index (χ1) is 9.09. The van der Waals surface area contributed by atoms with Crippen LogP contribution in [0, 0.1) is 5.92 Å². The first-order valence-electron chi connectivity index (χ1n) is 6.51. The molecule has 0 spiro atoms. The minimum absolute atomic E-state index is 0.146. The average Bonchev–Trinajstić information content (AvgIpc) is 2.47. The van der Waals surface area contributed by atoms with Crippen LogP contribution in [0.25, 0.3) is 0 Å². The molecule has 0 aliphatic carbocycles. The van der Waals surface area contributed by atoms with Crippen LogP contribution in [-0.4, -0.2) is 30.8 Å². The molecule has 6 nitrogen and oxygen atoms in total. The lowest BCUT2D eigenvalue weighted by atomic mass is 9.96. The predicted octanol–water partition coefficient (Wildman–Crippen LogP) is 1.18. The Morgan fingerprint density at radius 3 is 2.74 bits per heavy atom. The number of nitrogens with zero attached hydrogens (tertiary/aromatic N) is 2. The van der Waals surface area contributed by atoms with Crippen LogP contribution >= 0.6 is 0 Å². The minimum atomic E-state index is -3.51. The summed E-state index contributed by atoms with van der Waals surface area (Å²) in [5, 5.41) is 0. The highest BCUT2D eigenvalue weighted by atomic mass is 32.2. The zero-order valence-corrected chi connectivity index (χ0v) is 11.9. The lowest BCUT2D eigenvalue weighted by Crippen LogP contribution is -2.38. The molecule has 1 aromatic heterocycles. The smallest absolute Gasteiger partial charge is 0.246 e. The normalized spacial score (nSPS) is 18.4. The van der Waals surface area contributed by atoms with E-state index in [0.717, 1.165) is 19.3 Å². The van der Waals surface area contributed by atoms with Crippen LogP contribution in [0.5, 0.6) is 0 Å². The van der Waals surface area contributed by atoms with E-state index in [9.17, 15) is 8.42 Å². The van der Waals surface area contributed by atoms with Crippen LogP contribution in [-0.2, 0) is 10.0 Å². The van der Waals surface area contributed by atoms with Crippen molar-refractivity contribution in [1.29, 1.82) is 0 Å². The number of nitrogens with one attached hydrogen (secondary N) is 1. The highest BCUT2D eigenvalue weighted by Gasteiger charge is 2.30. The van der Waals surface area contributed by atoms with E-state index >= 15 is 0 Å². The van der Waals surface area contributed by atoms with Crippen molar-refractivity contribution in [3.63, 3.8) is 0 Å². The van der Waals surface area contributed by atoms with Gasteiger partial charge in [-0.1, -0.05) is 13.3 Å². The van der Waals surface area contributed by atoms with Crippen molar-refractivity contribution < 1.29 is 8.42 Å². The van der Waals surface area contributed by atoms with Gasteiger partial charge in [-0.05, 0) is 30.9 Å². The van der Waals surface area contributed by atoms with E-state index in [4.69, 9.17) is 5.84 Å². The summed E-state index contributed by atoms with van der Waals surface area (Å²) in [6, 6.07) is 3.13. The van der Waals surface area contributed by atoms with Crippen molar-refractivity contribution in [3.05, 3.63) is 18.3 Å². The van der Waals surface area contributed by atoms with E-state index < -0.39 is 10.0 Å². The van der Waals surface area contributed by atoms with Gasteiger partial charge >= 0.3 is 0 Å². The molecule has 1 saturated heterocycles. The van der Waals surface area contributed by atoms with Crippen molar-refractivity contribution in [2.75, 3.05) is 18.5 Å². The third-order valence-electron chi connectivity index (χ3n) is 3.68. The lowest BCUT2D eigenvalue weighted by molar-refractivity contribution is 0.269. The SMILES string of the molecule is CCC1CCN(S(=O)(=O)c2cccnc2NN)CC1. The molecule has 0 aromatic carbocycles. The average molecular weight is 284 g/mol. The maximum absolute atomic E-state index is 12.6. The van der Waals surface area contributed by atoms with E-state index in [2.05, 4.69) is 17.3 Å². The number of hydrazine groups is 1. The van der Waals surface area contributed by atoms with E-state index in [1.807, 2.05) is 0 Å². The zero-order valence-electron chi connectivity index (χ0n) is 11.0. The van der Waals surface area contributed by atoms with Crippen LogP contribution < -0.4 is 11.3 Å². The molecule has 0 unspecified atom stereocenters. The van der Waals surface area contributed by atoms with Gasteiger partial charge in [-0.3, -0.25) is 0 Å². The molecule has 0 atom stereocenters. The fourth-order valence-electron chi connectivity index (χ4n) is 2.40. The van der Waals surface area contributed by atoms with Gasteiger partial charge in [0.1, 0.15) is 4.90 Å². The van der Waals surface area contributed by atoms with E-state index in [0.29, 0.717) is 19.0 Å². The molecule has 1 aliphatic heterocycles. The minimum Gasteiger partial charge on any atom is -0.307 e. The summed E-state index contributed by atoms with van der Waals surface area (Å²) < 4.78 is 26.6. The maximum Gasteiger partial charge on any atom is 0.246 e. The summed E-state index contributed by atoms with van der Waals surface area (Å²) in [7, 11) is -3.51. The van der Waals surface area contributed by atoms with Gasteiger partial charge < -0.3 is 5.43 Å². The number of anilines is 1. The summed E-state index contributed by atoms with van der Waals surface area (Å²) >= 11 is 0. The van der Waals surface area contributed by atoms with Crippen molar-refractivity contribution in [2.45, 2.75) is 31.1 Å². The Morgan fingerprint density at radius 1 is 1.47 bits per heavy atom. The predicted molar refractivity (Wildman–Crippen MR) is 73.8 cm³/mol. The molecule has 0 amide bonds. The number of nitrogens with two attached hydrogens (primary N) is 1. The van der Waals surface area contributed by atoms with E-state index in [1.165, 1.54) is 16.6 Å². The molecule has 19 heavy (non-hydrogen) atoms. The van der Waals surface area contributed by atoms with Gasteiger partial charge in [0.25, 0.3) is 0 Å². The Balaban J connectivity index is 2.23. The van der Waals surface area contributed by atoms with Crippen molar-refractivity contribution in [2.24, 2.45) is 11.8 Å². The molecule has 1 aliphatic rings. The molecule has 106 valence electrons. The summed E-state index contributed by atoms with van der Waals surface area (Å²) in [6.45, 7) is 3.28. The summed E-state index contributed by atoms with van der Waals surface area (Å²) in [6.07, 6.45) is 4.46. The number of sulfonamides is 1. The van der Waals surface area contributed by atoms with Gasteiger partial charge in [0.15, 0.2) is 5.82 Å². The maximum atomic E-state index is 12.6. The van der Waals surface area contributed by atoms with Crippen LogP contribution in [0.2, 0.25) is 0 Å². The second-order valence-electron chi connectivity index (χ2n) is 4.75. The fraction of sp³-hybridized carbons (Fsp3) is 0.583. The molecule has 2 heterocycles. The number of piperidine rings is 1. The van der Waals surface area contributed by atoms with E-state index in [-0.39, 0.29) is 10.7 Å². The monoisotopic (exact) mass is 284 g/mol. The second kappa shape index (κ2) is 5.85. The van der Waals surface area contributed by atoms with Gasteiger partial charge in [-0.25, -0.2) is 19.2 Å². The third kappa shape index (κ3) is 2.88. The highest BCUT2D eigenvalue weighted by Crippen LogP contribution is 2.27. The van der Waals surface area contributed by atoms with Gasteiger partial charge in [0.2, 0.25) is 10.0 Å². The largest absolute Gasteiger partial charge is 0.307 e. The molecular weight excluding hydrogens is 264 g/mol. The first-order valence-corrected chi connectivity index (χ1v) is 7.95. The van der Waals surface area contributed by atoms with E-state index in [1.54, 1.807) is 6.07 Å². The van der Waals surface area contributed by atoms with Crippen molar-refractivity contribution >= 4 is 15.8 Å². The van der Waals surface area contributed by atoms with Crippen LogP contribution in [0.15, 0.2) is 23.2 Å². The Morgan fingerprint density at radius 2 is 2.16 bits per heavy atom. The zero-order chi connectivity index (χ0) is 13.9. The molecule has 1 fully saturated rings. The van der Waals surface area contributed by atoms with Crippen LogP contribution in [0.3, 0.4) is 0 Å². The van der Waals surface area contributed by atoms with Gasteiger partial charge in [0, 0.05) is 19.3 Å².